The minimum Gasteiger partial charge on any atom is -0.462 e. The van der Waals surface area contributed by atoms with E-state index in [2.05, 4.69) is 13.8 Å². The maximum Gasteiger partial charge on any atom is 0.309 e. The zero-order valence-corrected chi connectivity index (χ0v) is 16.3. The second kappa shape index (κ2) is 11.9. The average Bonchev–Trinajstić information content (AvgIpc) is 2.65. The zero-order valence-electron chi connectivity index (χ0n) is 16.3. The second-order valence-corrected chi connectivity index (χ2v) is 7.76. The number of carbonyl (C=O) groups excluding carboxylic acids is 1. The summed E-state index contributed by atoms with van der Waals surface area (Å²) in [5, 5.41) is 0. The van der Waals surface area contributed by atoms with Crippen molar-refractivity contribution >= 4 is 5.97 Å². The number of unbranched alkanes of at least 4 members (excludes halogenated alkanes) is 2. The molecule has 4 nitrogen and oxygen atoms in total. The van der Waals surface area contributed by atoms with Crippen molar-refractivity contribution in [3.05, 3.63) is 0 Å². The molecule has 2 saturated carbocycles. The Balaban J connectivity index is 1.58. The van der Waals surface area contributed by atoms with Crippen LogP contribution in [0.25, 0.3) is 0 Å². The zero-order chi connectivity index (χ0) is 17.9. The molecule has 0 spiro atoms. The van der Waals surface area contributed by atoms with E-state index in [-0.39, 0.29) is 18.0 Å². The van der Waals surface area contributed by atoms with Crippen molar-refractivity contribution in [2.24, 2.45) is 5.92 Å². The van der Waals surface area contributed by atoms with Gasteiger partial charge < -0.3 is 14.2 Å². The van der Waals surface area contributed by atoms with E-state index in [1.165, 1.54) is 12.8 Å². The van der Waals surface area contributed by atoms with Crippen molar-refractivity contribution in [3.63, 3.8) is 0 Å². The van der Waals surface area contributed by atoms with Gasteiger partial charge in [0.2, 0.25) is 0 Å². The third-order valence-corrected chi connectivity index (χ3v) is 5.57. The highest BCUT2D eigenvalue weighted by Crippen LogP contribution is 2.30. The quantitative estimate of drug-likeness (QED) is 0.407. The van der Waals surface area contributed by atoms with Gasteiger partial charge in [0.15, 0.2) is 0 Å². The van der Waals surface area contributed by atoms with Gasteiger partial charge in [-0.3, -0.25) is 4.79 Å². The summed E-state index contributed by atoms with van der Waals surface area (Å²) < 4.78 is 17.5. The summed E-state index contributed by atoms with van der Waals surface area (Å²) in [6, 6.07) is 0. The van der Waals surface area contributed by atoms with E-state index in [4.69, 9.17) is 14.2 Å². The van der Waals surface area contributed by atoms with Crippen molar-refractivity contribution in [2.75, 3.05) is 13.2 Å². The Bertz CT molecular complexity index is 355. The molecule has 0 bridgehead atoms. The first-order chi connectivity index (χ1) is 12.2. The molecule has 0 radical (unpaired) electrons. The van der Waals surface area contributed by atoms with E-state index in [0.717, 1.165) is 77.4 Å². The van der Waals surface area contributed by atoms with E-state index in [1.54, 1.807) is 0 Å². The van der Waals surface area contributed by atoms with E-state index >= 15 is 0 Å². The van der Waals surface area contributed by atoms with Crippen molar-refractivity contribution in [3.8, 4) is 0 Å². The third kappa shape index (κ3) is 7.65. The molecule has 0 aromatic rings. The minimum absolute atomic E-state index is 0.0300. The van der Waals surface area contributed by atoms with Crippen LogP contribution in [0.5, 0.6) is 0 Å². The van der Waals surface area contributed by atoms with Crippen LogP contribution in [0.15, 0.2) is 0 Å². The normalized spacial score (nSPS) is 30.2. The van der Waals surface area contributed by atoms with Gasteiger partial charge in [-0.2, -0.15) is 0 Å². The Morgan fingerprint density at radius 1 is 0.720 bits per heavy atom. The average molecular weight is 355 g/mol. The molecule has 2 rings (SSSR count). The highest BCUT2D eigenvalue weighted by molar-refractivity contribution is 5.72. The van der Waals surface area contributed by atoms with Gasteiger partial charge in [0.05, 0.1) is 18.1 Å². The molecule has 0 saturated heterocycles. The van der Waals surface area contributed by atoms with Crippen LogP contribution in [-0.4, -0.2) is 37.5 Å². The molecule has 2 aliphatic carbocycles. The second-order valence-electron chi connectivity index (χ2n) is 7.76. The molecule has 146 valence electrons. The first kappa shape index (κ1) is 20.7. The summed E-state index contributed by atoms with van der Waals surface area (Å²) >= 11 is 0. The van der Waals surface area contributed by atoms with Crippen LogP contribution in [0.4, 0.5) is 0 Å². The van der Waals surface area contributed by atoms with Gasteiger partial charge in [-0.25, -0.2) is 0 Å². The summed E-state index contributed by atoms with van der Waals surface area (Å²) in [6.07, 6.45) is 13.3. The first-order valence-corrected chi connectivity index (χ1v) is 10.7. The molecule has 0 aromatic heterocycles. The smallest absolute Gasteiger partial charge is 0.309 e. The van der Waals surface area contributed by atoms with E-state index in [9.17, 15) is 4.79 Å². The fraction of sp³-hybridized carbons (Fsp3) is 0.952. The molecule has 0 aliphatic heterocycles. The van der Waals surface area contributed by atoms with Gasteiger partial charge in [-0.15, -0.1) is 0 Å². The molecule has 0 heterocycles. The fourth-order valence-electron chi connectivity index (χ4n) is 3.93. The highest BCUT2D eigenvalue weighted by atomic mass is 16.5. The number of carbonyl (C=O) groups is 1. The summed E-state index contributed by atoms with van der Waals surface area (Å²) in [4.78, 5) is 12.4. The Morgan fingerprint density at radius 2 is 1.28 bits per heavy atom. The van der Waals surface area contributed by atoms with Crippen LogP contribution < -0.4 is 0 Å². The lowest BCUT2D eigenvalue weighted by Gasteiger charge is -2.31. The summed E-state index contributed by atoms with van der Waals surface area (Å²) in [7, 11) is 0. The Kier molecular flexibility index (Phi) is 9.85. The van der Waals surface area contributed by atoms with Crippen LogP contribution in [-0.2, 0) is 19.0 Å². The Hall–Kier alpha value is -0.610. The molecule has 4 heteroatoms. The highest BCUT2D eigenvalue weighted by Gasteiger charge is 2.31. The Labute approximate surface area is 154 Å². The molecular weight excluding hydrogens is 316 g/mol. The van der Waals surface area contributed by atoms with Crippen LogP contribution in [0.1, 0.15) is 90.9 Å². The predicted octanol–water partition coefficient (Wildman–Crippen LogP) is 5.03. The molecular formula is C21H38O4. The number of ether oxygens (including phenoxy) is 3. The monoisotopic (exact) mass is 354 g/mol. The molecule has 0 unspecified atom stereocenters. The van der Waals surface area contributed by atoms with Crippen molar-refractivity contribution in [2.45, 2.75) is 109 Å². The summed E-state index contributed by atoms with van der Waals surface area (Å²) in [5.74, 6) is 0.118. The molecule has 0 atom stereocenters. The van der Waals surface area contributed by atoms with Crippen LogP contribution >= 0.6 is 0 Å². The lowest BCUT2D eigenvalue weighted by Crippen LogP contribution is -2.33. The standard InChI is InChI=1S/C21H38O4/c1-3-5-6-16-24-18-9-7-17(8-10-18)21(22)25-20-13-11-19(12-14-20)23-15-4-2/h17-20H,3-16H2,1-2H3. The molecule has 25 heavy (non-hydrogen) atoms. The summed E-state index contributed by atoms with van der Waals surface area (Å²) in [6.45, 7) is 6.07. The molecule has 0 aromatic carbocycles. The van der Waals surface area contributed by atoms with Gasteiger partial charge in [-0.1, -0.05) is 26.7 Å². The van der Waals surface area contributed by atoms with Crippen LogP contribution in [0.3, 0.4) is 0 Å². The van der Waals surface area contributed by atoms with Gasteiger partial charge in [0.1, 0.15) is 6.10 Å². The number of esters is 1. The maximum absolute atomic E-state index is 12.4. The maximum atomic E-state index is 12.4. The van der Waals surface area contributed by atoms with E-state index in [1.807, 2.05) is 0 Å². The lowest BCUT2D eigenvalue weighted by atomic mass is 9.87. The number of hydrogen-bond donors (Lipinski definition) is 0. The number of rotatable bonds is 10. The van der Waals surface area contributed by atoms with Crippen molar-refractivity contribution in [1.82, 2.24) is 0 Å². The molecule has 0 amide bonds. The molecule has 0 N–H and O–H groups in total. The van der Waals surface area contributed by atoms with Crippen molar-refractivity contribution in [1.29, 1.82) is 0 Å². The van der Waals surface area contributed by atoms with Crippen LogP contribution in [0, 0.1) is 5.92 Å². The fourth-order valence-corrected chi connectivity index (χ4v) is 3.93. The topological polar surface area (TPSA) is 44.8 Å². The van der Waals surface area contributed by atoms with Gasteiger partial charge in [0.25, 0.3) is 0 Å². The van der Waals surface area contributed by atoms with E-state index in [0.29, 0.717) is 12.2 Å². The van der Waals surface area contributed by atoms with Crippen LogP contribution in [0.2, 0.25) is 0 Å². The van der Waals surface area contributed by atoms with Gasteiger partial charge in [0, 0.05) is 13.2 Å². The minimum atomic E-state index is 0.0300. The SMILES string of the molecule is CCCCCOC1CCC(C(=O)OC2CCC(OCCC)CC2)CC1. The number of hydrogen-bond acceptors (Lipinski definition) is 4. The molecule has 2 fully saturated rings. The third-order valence-electron chi connectivity index (χ3n) is 5.57. The Morgan fingerprint density at radius 3 is 1.88 bits per heavy atom. The summed E-state index contributed by atoms with van der Waals surface area (Å²) in [5.41, 5.74) is 0. The van der Waals surface area contributed by atoms with Crippen molar-refractivity contribution < 1.29 is 19.0 Å². The first-order valence-electron chi connectivity index (χ1n) is 10.7. The van der Waals surface area contributed by atoms with Gasteiger partial charge in [-0.05, 0) is 64.2 Å². The van der Waals surface area contributed by atoms with Gasteiger partial charge >= 0.3 is 5.97 Å². The predicted molar refractivity (Wildman–Crippen MR) is 99.6 cm³/mol. The van der Waals surface area contributed by atoms with E-state index < -0.39 is 0 Å². The lowest BCUT2D eigenvalue weighted by molar-refractivity contribution is -0.159. The largest absolute Gasteiger partial charge is 0.462 e. The molecule has 2 aliphatic rings.